The molecule has 1 aliphatic rings. The van der Waals surface area contributed by atoms with Crippen molar-refractivity contribution in [3.63, 3.8) is 0 Å². The van der Waals surface area contributed by atoms with Gasteiger partial charge >= 0.3 is 0 Å². The molecule has 4 rings (SSSR count). The second kappa shape index (κ2) is 9.06. The van der Waals surface area contributed by atoms with E-state index in [-0.39, 0.29) is 17.4 Å². The zero-order valence-electron chi connectivity index (χ0n) is 18.5. The molecule has 0 aliphatic carbocycles. The number of hydrogen-bond acceptors (Lipinski definition) is 4. The molecule has 1 amide bonds. The average molecular weight is 419 g/mol. The SMILES string of the molecule is Cc1c(-c2ccccc2)oc2c(C(=O)NCC(C)N3CCC(C)CC3)cccc2c1=O. The highest BCUT2D eigenvalue weighted by Gasteiger charge is 2.22. The van der Waals surface area contributed by atoms with Crippen molar-refractivity contribution in [3.05, 3.63) is 69.9 Å². The van der Waals surface area contributed by atoms with Crippen molar-refractivity contribution in [1.82, 2.24) is 10.2 Å². The molecular formula is C26H30N2O3. The molecule has 5 nitrogen and oxygen atoms in total. The molecule has 3 aromatic rings. The van der Waals surface area contributed by atoms with Crippen molar-refractivity contribution in [1.29, 1.82) is 0 Å². The number of rotatable bonds is 5. The van der Waals surface area contributed by atoms with Crippen LogP contribution in [-0.2, 0) is 0 Å². The van der Waals surface area contributed by atoms with Crippen LogP contribution in [-0.4, -0.2) is 36.5 Å². The van der Waals surface area contributed by atoms with Crippen LogP contribution in [0, 0.1) is 12.8 Å². The van der Waals surface area contributed by atoms with Gasteiger partial charge in [-0.15, -0.1) is 0 Å². The van der Waals surface area contributed by atoms with Gasteiger partial charge in [-0.2, -0.15) is 0 Å². The van der Waals surface area contributed by atoms with Gasteiger partial charge in [-0.1, -0.05) is 43.3 Å². The Balaban J connectivity index is 1.61. The van der Waals surface area contributed by atoms with E-state index in [1.807, 2.05) is 30.3 Å². The van der Waals surface area contributed by atoms with Crippen LogP contribution in [0.1, 0.15) is 42.6 Å². The molecule has 1 atom stereocenters. The highest BCUT2D eigenvalue weighted by Crippen LogP contribution is 2.27. The average Bonchev–Trinajstić information content (AvgIpc) is 2.80. The van der Waals surface area contributed by atoms with Gasteiger partial charge in [0.05, 0.1) is 10.9 Å². The summed E-state index contributed by atoms with van der Waals surface area (Å²) in [6.07, 6.45) is 2.41. The molecular weight excluding hydrogens is 388 g/mol. The highest BCUT2D eigenvalue weighted by molar-refractivity contribution is 6.05. The van der Waals surface area contributed by atoms with E-state index < -0.39 is 0 Å². The molecule has 1 saturated heterocycles. The zero-order valence-corrected chi connectivity index (χ0v) is 18.5. The van der Waals surface area contributed by atoms with Crippen LogP contribution in [0.4, 0.5) is 0 Å². The van der Waals surface area contributed by atoms with E-state index >= 15 is 0 Å². The monoisotopic (exact) mass is 418 g/mol. The first kappa shape index (κ1) is 21.3. The van der Waals surface area contributed by atoms with Gasteiger partial charge in [0.1, 0.15) is 5.76 Å². The normalized spacial score (nSPS) is 16.4. The lowest BCUT2D eigenvalue weighted by Gasteiger charge is -2.35. The van der Waals surface area contributed by atoms with Gasteiger partial charge in [0.2, 0.25) is 0 Å². The van der Waals surface area contributed by atoms with Crippen molar-refractivity contribution >= 4 is 16.9 Å². The highest BCUT2D eigenvalue weighted by atomic mass is 16.3. The molecule has 1 aromatic heterocycles. The molecule has 31 heavy (non-hydrogen) atoms. The molecule has 162 valence electrons. The molecule has 5 heteroatoms. The maximum Gasteiger partial charge on any atom is 0.255 e. The molecule has 0 radical (unpaired) electrons. The summed E-state index contributed by atoms with van der Waals surface area (Å²) in [7, 11) is 0. The van der Waals surface area contributed by atoms with Crippen LogP contribution in [0.5, 0.6) is 0 Å². The molecule has 0 saturated carbocycles. The smallest absolute Gasteiger partial charge is 0.255 e. The Labute approximate surface area is 183 Å². The third-order valence-corrected chi connectivity index (χ3v) is 6.43. The van der Waals surface area contributed by atoms with Crippen molar-refractivity contribution in [2.45, 2.75) is 39.7 Å². The quantitative estimate of drug-likeness (QED) is 0.657. The van der Waals surface area contributed by atoms with Crippen molar-refractivity contribution in [2.75, 3.05) is 19.6 Å². The number of piperidine rings is 1. The van der Waals surface area contributed by atoms with Crippen LogP contribution < -0.4 is 10.7 Å². The number of benzene rings is 2. The lowest BCUT2D eigenvalue weighted by molar-refractivity contribution is 0.0922. The lowest BCUT2D eigenvalue weighted by Crippen LogP contribution is -2.45. The minimum Gasteiger partial charge on any atom is -0.455 e. The van der Waals surface area contributed by atoms with Crippen LogP contribution in [0.3, 0.4) is 0 Å². The summed E-state index contributed by atoms with van der Waals surface area (Å²) in [6.45, 7) is 8.91. The topological polar surface area (TPSA) is 62.6 Å². The summed E-state index contributed by atoms with van der Waals surface area (Å²) < 4.78 is 6.18. The molecule has 0 spiro atoms. The molecule has 1 unspecified atom stereocenters. The number of hydrogen-bond donors (Lipinski definition) is 1. The fourth-order valence-corrected chi connectivity index (χ4v) is 4.29. The number of nitrogens with one attached hydrogen (secondary N) is 1. The Morgan fingerprint density at radius 3 is 2.55 bits per heavy atom. The molecule has 2 heterocycles. The number of fused-ring (bicyclic) bond motifs is 1. The van der Waals surface area contributed by atoms with Crippen LogP contribution in [0.2, 0.25) is 0 Å². The van der Waals surface area contributed by atoms with Gasteiger partial charge < -0.3 is 9.73 Å². The Hall–Kier alpha value is -2.92. The first-order valence-corrected chi connectivity index (χ1v) is 11.1. The molecule has 1 N–H and O–H groups in total. The lowest BCUT2D eigenvalue weighted by atomic mass is 9.98. The summed E-state index contributed by atoms with van der Waals surface area (Å²) in [5.74, 6) is 1.07. The van der Waals surface area contributed by atoms with Gasteiger partial charge in [0.25, 0.3) is 5.91 Å². The second-order valence-corrected chi connectivity index (χ2v) is 8.71. The van der Waals surface area contributed by atoms with Crippen LogP contribution in [0.25, 0.3) is 22.3 Å². The van der Waals surface area contributed by atoms with Crippen molar-refractivity contribution < 1.29 is 9.21 Å². The Morgan fingerprint density at radius 1 is 1.13 bits per heavy atom. The largest absolute Gasteiger partial charge is 0.455 e. The number of carbonyl (C=O) groups excluding carboxylic acids is 1. The number of amides is 1. The predicted molar refractivity (Wildman–Crippen MR) is 124 cm³/mol. The molecule has 1 aliphatic heterocycles. The summed E-state index contributed by atoms with van der Waals surface area (Å²) in [4.78, 5) is 28.5. The first-order valence-electron chi connectivity index (χ1n) is 11.1. The van der Waals surface area contributed by atoms with E-state index in [2.05, 4.69) is 24.1 Å². The Bertz CT molecular complexity index is 1130. The minimum atomic E-state index is -0.214. The van der Waals surface area contributed by atoms with Gasteiger partial charge in [-0.05, 0) is 57.8 Å². The Kier molecular flexibility index (Phi) is 6.23. The van der Waals surface area contributed by atoms with Crippen LogP contribution >= 0.6 is 0 Å². The fraction of sp³-hybridized carbons (Fsp3) is 0.385. The van der Waals surface area contributed by atoms with E-state index in [1.54, 1.807) is 25.1 Å². The number of nitrogens with zero attached hydrogens (tertiary/aromatic N) is 1. The number of para-hydroxylation sites is 1. The molecule has 2 aromatic carbocycles. The summed E-state index contributed by atoms with van der Waals surface area (Å²) in [6, 6.07) is 15.0. The summed E-state index contributed by atoms with van der Waals surface area (Å²) >= 11 is 0. The third kappa shape index (κ3) is 4.42. The number of carbonyl (C=O) groups is 1. The first-order chi connectivity index (χ1) is 15.0. The minimum absolute atomic E-state index is 0.106. The maximum atomic E-state index is 13.1. The fourth-order valence-electron chi connectivity index (χ4n) is 4.29. The van der Waals surface area contributed by atoms with E-state index in [4.69, 9.17) is 4.42 Å². The van der Waals surface area contributed by atoms with Crippen molar-refractivity contribution in [2.24, 2.45) is 5.92 Å². The van der Waals surface area contributed by atoms with Crippen molar-refractivity contribution in [3.8, 4) is 11.3 Å². The van der Waals surface area contributed by atoms with E-state index in [0.29, 0.717) is 34.4 Å². The van der Waals surface area contributed by atoms with E-state index in [1.165, 1.54) is 12.8 Å². The summed E-state index contributed by atoms with van der Waals surface area (Å²) in [5.41, 5.74) is 2.00. The third-order valence-electron chi connectivity index (χ3n) is 6.43. The second-order valence-electron chi connectivity index (χ2n) is 8.71. The van der Waals surface area contributed by atoms with E-state index in [9.17, 15) is 9.59 Å². The van der Waals surface area contributed by atoms with Crippen LogP contribution in [0.15, 0.2) is 57.7 Å². The van der Waals surface area contributed by atoms with Gasteiger partial charge in [-0.25, -0.2) is 0 Å². The predicted octanol–water partition coefficient (Wildman–Crippen LogP) is 4.62. The summed E-state index contributed by atoms with van der Waals surface area (Å²) in [5, 5.41) is 3.48. The maximum absolute atomic E-state index is 13.1. The van der Waals surface area contributed by atoms with Gasteiger partial charge in [-0.3, -0.25) is 14.5 Å². The Morgan fingerprint density at radius 2 is 1.84 bits per heavy atom. The standard InChI is InChI=1S/C26H30N2O3/c1-17-12-14-28(15-13-17)18(2)16-27-26(30)22-11-7-10-21-23(29)19(3)24(31-25(21)22)20-8-5-4-6-9-20/h4-11,17-18H,12-16H2,1-3H3,(H,27,30). The van der Waals surface area contributed by atoms with Gasteiger partial charge in [0.15, 0.2) is 11.0 Å². The van der Waals surface area contributed by atoms with E-state index in [0.717, 1.165) is 24.6 Å². The molecule has 0 bridgehead atoms. The zero-order chi connectivity index (χ0) is 22.0. The molecule has 1 fully saturated rings. The van der Waals surface area contributed by atoms with Gasteiger partial charge in [0, 0.05) is 23.7 Å². The number of likely N-dealkylation sites (tertiary alicyclic amines) is 1.